The lowest BCUT2D eigenvalue weighted by molar-refractivity contribution is -0.284. The number of hydrogen-bond donors (Lipinski definition) is 2. The van der Waals surface area contributed by atoms with Crippen LogP contribution in [-0.4, -0.2) is 27.2 Å². The normalized spacial score (nSPS) is 12.5. The van der Waals surface area contributed by atoms with Crippen LogP contribution in [0, 0.1) is 10.1 Å². The third-order valence-electron chi connectivity index (χ3n) is 0.943. The minimum Gasteiger partial charge on any atom is -0.480 e. The van der Waals surface area contributed by atoms with Gasteiger partial charge in [-0.2, -0.15) is 0 Å². The zero-order valence-electron chi connectivity index (χ0n) is 5.60. The van der Waals surface area contributed by atoms with Crippen LogP contribution in [0.25, 0.3) is 0 Å². The summed E-state index contributed by atoms with van der Waals surface area (Å²) in [5.74, 6) is -1.01. The van der Waals surface area contributed by atoms with Gasteiger partial charge in [-0.15, -0.1) is 0 Å². The quantitative estimate of drug-likeness (QED) is 0.342. The molecule has 0 aliphatic carbocycles. The van der Waals surface area contributed by atoms with Gasteiger partial charge in [-0.3, -0.25) is 14.9 Å². The van der Waals surface area contributed by atoms with E-state index in [2.05, 4.69) is 0 Å². The van der Waals surface area contributed by atoms with E-state index in [0.717, 1.165) is 0 Å². The standard InChI is InChI=1S/C4H8N2O4S/c5-3(4(7)8)1-2-11-6(9)10/h3H,1-2,5H2,(H,7,8)/t3-/m1/s1. The Balaban J connectivity index is 3.39. The molecule has 0 rings (SSSR count). The third kappa shape index (κ3) is 5.62. The van der Waals surface area contributed by atoms with Crippen LogP contribution in [0.5, 0.6) is 0 Å². The second kappa shape index (κ2) is 4.91. The highest BCUT2D eigenvalue weighted by Gasteiger charge is 2.12. The average Bonchev–Trinajstić information content (AvgIpc) is 1.86. The molecule has 0 aromatic carbocycles. The number of aliphatic carboxylic acids is 1. The van der Waals surface area contributed by atoms with Crippen LogP contribution in [0.1, 0.15) is 6.42 Å². The van der Waals surface area contributed by atoms with E-state index in [1.54, 1.807) is 0 Å². The molecule has 0 amide bonds. The minimum absolute atomic E-state index is 0.112. The summed E-state index contributed by atoms with van der Waals surface area (Å²) in [5, 5.41) is 18.0. The fourth-order valence-electron chi connectivity index (χ4n) is 0.378. The molecule has 64 valence electrons. The van der Waals surface area contributed by atoms with Gasteiger partial charge in [-0.25, -0.2) is 0 Å². The Morgan fingerprint density at radius 1 is 1.82 bits per heavy atom. The molecule has 0 saturated heterocycles. The number of nitrogens with two attached hydrogens (primary N) is 1. The maximum Gasteiger partial charge on any atom is 0.320 e. The topological polar surface area (TPSA) is 106 Å². The summed E-state index contributed by atoms with van der Waals surface area (Å²) >= 11 is 0.456. The van der Waals surface area contributed by atoms with Crippen molar-refractivity contribution in [1.29, 1.82) is 0 Å². The van der Waals surface area contributed by atoms with Gasteiger partial charge in [0.15, 0.2) is 0 Å². The molecule has 0 aromatic rings. The molecule has 0 bridgehead atoms. The summed E-state index contributed by atoms with van der Waals surface area (Å²) in [5.41, 5.74) is 5.07. The Morgan fingerprint density at radius 2 is 2.36 bits per heavy atom. The predicted molar refractivity (Wildman–Crippen MR) is 39.7 cm³/mol. The molecule has 0 unspecified atom stereocenters. The van der Waals surface area contributed by atoms with Gasteiger partial charge in [0, 0.05) is 0 Å². The van der Waals surface area contributed by atoms with E-state index in [9.17, 15) is 14.9 Å². The summed E-state index contributed by atoms with van der Waals surface area (Å²) in [6, 6.07) is -0.998. The molecule has 0 spiro atoms. The predicted octanol–water partition coefficient (Wildman–Crippen LogP) is -0.287. The van der Waals surface area contributed by atoms with Crippen molar-refractivity contribution in [1.82, 2.24) is 0 Å². The largest absolute Gasteiger partial charge is 0.480 e. The van der Waals surface area contributed by atoms with Crippen LogP contribution in [0.4, 0.5) is 0 Å². The van der Waals surface area contributed by atoms with Crippen molar-refractivity contribution in [2.75, 3.05) is 5.75 Å². The number of carboxylic acids is 1. The second-order valence-corrected chi connectivity index (χ2v) is 2.75. The Morgan fingerprint density at radius 3 is 2.73 bits per heavy atom. The molecule has 6 nitrogen and oxygen atoms in total. The van der Waals surface area contributed by atoms with E-state index >= 15 is 0 Å². The average molecular weight is 180 g/mol. The first-order valence-corrected chi connectivity index (χ1v) is 3.74. The van der Waals surface area contributed by atoms with Gasteiger partial charge in [0.1, 0.15) is 10.4 Å². The molecule has 7 heteroatoms. The lowest BCUT2D eigenvalue weighted by Crippen LogP contribution is -2.30. The van der Waals surface area contributed by atoms with Gasteiger partial charge in [-0.05, 0) is 6.42 Å². The monoisotopic (exact) mass is 180 g/mol. The zero-order chi connectivity index (χ0) is 8.85. The number of hydrogen-bond acceptors (Lipinski definition) is 5. The molecule has 1 atom stereocenters. The maximum absolute atomic E-state index is 10.1. The molecular weight excluding hydrogens is 172 g/mol. The fourth-order valence-corrected chi connectivity index (χ4v) is 0.886. The minimum atomic E-state index is -1.13. The number of nitrogens with zero attached hydrogens (tertiary/aromatic N) is 1. The van der Waals surface area contributed by atoms with Crippen molar-refractivity contribution in [3.63, 3.8) is 0 Å². The van der Waals surface area contributed by atoms with Crippen molar-refractivity contribution in [2.45, 2.75) is 12.5 Å². The van der Waals surface area contributed by atoms with Crippen molar-refractivity contribution in [3.05, 3.63) is 10.1 Å². The highest BCUT2D eigenvalue weighted by atomic mass is 32.2. The Kier molecular flexibility index (Phi) is 4.55. The van der Waals surface area contributed by atoms with E-state index in [1.165, 1.54) is 0 Å². The summed E-state index contributed by atoms with van der Waals surface area (Å²) < 4.78 is -0.575. The first-order valence-electron chi connectivity index (χ1n) is 2.79. The Labute approximate surface area is 67.0 Å². The van der Waals surface area contributed by atoms with E-state index in [1.807, 2.05) is 0 Å². The first kappa shape index (κ1) is 10.2. The summed E-state index contributed by atoms with van der Waals surface area (Å²) in [6.07, 6.45) is 0.112. The van der Waals surface area contributed by atoms with Crippen LogP contribution in [-0.2, 0) is 4.79 Å². The van der Waals surface area contributed by atoms with Gasteiger partial charge in [0.25, 0.3) is 0 Å². The van der Waals surface area contributed by atoms with Crippen LogP contribution in [0.15, 0.2) is 0 Å². The van der Waals surface area contributed by atoms with Crippen molar-refractivity contribution >= 4 is 17.9 Å². The van der Waals surface area contributed by atoms with E-state index in [4.69, 9.17) is 10.8 Å². The highest BCUT2D eigenvalue weighted by Crippen LogP contribution is 2.03. The molecule has 0 aliphatic heterocycles. The smallest absolute Gasteiger partial charge is 0.320 e. The molecule has 0 radical (unpaired) electrons. The van der Waals surface area contributed by atoms with Crippen molar-refractivity contribution in [3.8, 4) is 0 Å². The molecule has 11 heavy (non-hydrogen) atoms. The highest BCUT2D eigenvalue weighted by molar-refractivity contribution is 7.93. The van der Waals surface area contributed by atoms with Gasteiger partial charge in [0.2, 0.25) is 11.9 Å². The summed E-state index contributed by atoms with van der Waals surface area (Å²) in [7, 11) is 0. The Hall–Kier alpha value is -0.820. The van der Waals surface area contributed by atoms with Gasteiger partial charge >= 0.3 is 5.97 Å². The van der Waals surface area contributed by atoms with E-state index in [-0.39, 0.29) is 12.2 Å². The van der Waals surface area contributed by atoms with Gasteiger partial charge in [-0.1, -0.05) is 0 Å². The zero-order valence-corrected chi connectivity index (χ0v) is 6.41. The maximum atomic E-state index is 10.1. The number of carboxylic acid groups (broad SMARTS) is 1. The van der Waals surface area contributed by atoms with Gasteiger partial charge < -0.3 is 10.8 Å². The van der Waals surface area contributed by atoms with Gasteiger partial charge in [0.05, 0.1) is 5.75 Å². The summed E-state index contributed by atoms with van der Waals surface area (Å²) in [4.78, 5) is 19.8. The lowest BCUT2D eigenvalue weighted by atomic mass is 10.2. The molecular formula is C4H8N2O4S. The molecule has 0 fully saturated rings. The SMILES string of the molecule is N[C@H](CCS[N+](=O)[O-])C(=O)O. The van der Waals surface area contributed by atoms with Crippen molar-refractivity contribution in [2.24, 2.45) is 5.73 Å². The van der Waals surface area contributed by atoms with Crippen LogP contribution in [0.3, 0.4) is 0 Å². The van der Waals surface area contributed by atoms with Crippen LogP contribution < -0.4 is 5.73 Å². The molecule has 0 saturated carbocycles. The van der Waals surface area contributed by atoms with E-state index < -0.39 is 16.3 Å². The fraction of sp³-hybridized carbons (Fsp3) is 0.750. The first-order chi connectivity index (χ1) is 5.04. The number of nitro groups is 1. The van der Waals surface area contributed by atoms with Crippen LogP contribution in [0.2, 0.25) is 0 Å². The molecule has 3 N–H and O–H groups in total. The molecule has 0 aliphatic rings. The van der Waals surface area contributed by atoms with Crippen LogP contribution >= 0.6 is 11.9 Å². The number of carbonyl (C=O) groups is 1. The van der Waals surface area contributed by atoms with E-state index in [0.29, 0.717) is 11.9 Å². The van der Waals surface area contributed by atoms with Crippen molar-refractivity contribution < 1.29 is 14.2 Å². The second-order valence-electron chi connectivity index (χ2n) is 1.79. The Bertz CT molecular complexity index is 162. The molecule has 0 aromatic heterocycles. The third-order valence-corrected chi connectivity index (χ3v) is 1.57. The lowest BCUT2D eigenvalue weighted by Gasteiger charge is -2.00. The summed E-state index contributed by atoms with van der Waals surface area (Å²) in [6.45, 7) is 0. The molecule has 0 heterocycles. The number of rotatable bonds is 5.